The largest absolute Gasteiger partial charge is 0.350 e. The molecule has 2 aliphatic heterocycles. The molecular formula is C22H21ClN4OS. The maximum absolute atomic E-state index is 12.4. The minimum atomic E-state index is -0.124. The molecule has 0 radical (unpaired) electrons. The Balaban J connectivity index is 1.79. The highest BCUT2D eigenvalue weighted by Crippen LogP contribution is 2.38. The first-order chi connectivity index (χ1) is 13.9. The van der Waals surface area contributed by atoms with Gasteiger partial charge in [-0.3, -0.25) is 10.2 Å². The SMILES string of the molecule is CC(=O)N1N/C(=C2/C(C)=NC(=S)NC2c2ccccc2)CC1c1ccc(Cl)cc1. The minimum Gasteiger partial charge on any atom is -0.350 e. The molecule has 5 nitrogen and oxygen atoms in total. The number of thiocarbonyl (C=S) groups is 1. The van der Waals surface area contributed by atoms with Crippen molar-refractivity contribution in [3.05, 3.63) is 82.0 Å². The molecule has 0 saturated carbocycles. The highest BCUT2D eigenvalue weighted by atomic mass is 35.5. The maximum atomic E-state index is 12.4. The maximum Gasteiger partial charge on any atom is 0.238 e. The predicted molar refractivity (Wildman–Crippen MR) is 120 cm³/mol. The lowest BCUT2D eigenvalue weighted by atomic mass is 9.90. The topological polar surface area (TPSA) is 56.7 Å². The summed E-state index contributed by atoms with van der Waals surface area (Å²) in [7, 11) is 0. The average molecular weight is 425 g/mol. The molecule has 0 spiro atoms. The van der Waals surface area contributed by atoms with E-state index < -0.39 is 0 Å². The van der Waals surface area contributed by atoms with Crippen LogP contribution < -0.4 is 10.7 Å². The highest BCUT2D eigenvalue weighted by Gasteiger charge is 2.36. The third-order valence-electron chi connectivity index (χ3n) is 5.23. The van der Waals surface area contributed by atoms with Crippen molar-refractivity contribution in [2.45, 2.75) is 32.4 Å². The van der Waals surface area contributed by atoms with Crippen LogP contribution >= 0.6 is 23.8 Å². The number of rotatable bonds is 2. The second kappa shape index (κ2) is 7.97. The van der Waals surface area contributed by atoms with Crippen molar-refractivity contribution < 1.29 is 4.79 Å². The predicted octanol–water partition coefficient (Wildman–Crippen LogP) is 4.48. The van der Waals surface area contributed by atoms with Crippen molar-refractivity contribution in [1.29, 1.82) is 0 Å². The zero-order chi connectivity index (χ0) is 20.5. The van der Waals surface area contributed by atoms with Crippen molar-refractivity contribution in [3.63, 3.8) is 0 Å². The van der Waals surface area contributed by atoms with Gasteiger partial charge < -0.3 is 5.32 Å². The standard InChI is InChI=1S/C22H21ClN4OS/c1-13-20(21(25-22(29)24-13)16-6-4-3-5-7-16)18-12-19(27(26-18)14(2)28)15-8-10-17(23)11-9-15/h3-11,19,21,26H,12H2,1-2H3,(H,25,29)/b20-18-. The number of carbonyl (C=O) groups excluding carboxylic acids is 1. The van der Waals surface area contributed by atoms with Gasteiger partial charge in [0.2, 0.25) is 5.91 Å². The summed E-state index contributed by atoms with van der Waals surface area (Å²) in [6, 6.07) is 17.5. The lowest BCUT2D eigenvalue weighted by Gasteiger charge is -2.29. The molecule has 0 bridgehead atoms. The van der Waals surface area contributed by atoms with Crippen LogP contribution in [0.25, 0.3) is 0 Å². The van der Waals surface area contributed by atoms with E-state index in [1.807, 2.05) is 49.4 Å². The molecule has 1 fully saturated rings. The first-order valence-electron chi connectivity index (χ1n) is 9.40. The summed E-state index contributed by atoms with van der Waals surface area (Å²) in [6.45, 7) is 3.52. The number of halogens is 1. The van der Waals surface area contributed by atoms with Crippen molar-refractivity contribution >= 4 is 40.6 Å². The molecule has 2 unspecified atom stereocenters. The van der Waals surface area contributed by atoms with Gasteiger partial charge in [0.05, 0.1) is 12.1 Å². The summed E-state index contributed by atoms with van der Waals surface area (Å²) in [5, 5.41) is 6.14. The molecule has 7 heteroatoms. The van der Waals surface area contributed by atoms with Crippen molar-refractivity contribution in [1.82, 2.24) is 15.8 Å². The van der Waals surface area contributed by atoms with Crippen LogP contribution in [0.15, 0.2) is 70.9 Å². The molecule has 2 heterocycles. The second-order valence-corrected chi connectivity index (χ2v) is 7.98. The van der Waals surface area contributed by atoms with Crippen molar-refractivity contribution in [3.8, 4) is 0 Å². The Kier molecular flexibility index (Phi) is 5.39. The lowest BCUT2D eigenvalue weighted by Crippen LogP contribution is -2.39. The number of nitrogens with zero attached hydrogens (tertiary/aromatic N) is 2. The minimum absolute atomic E-state index is 0.0503. The van der Waals surface area contributed by atoms with E-state index in [2.05, 4.69) is 27.9 Å². The summed E-state index contributed by atoms with van der Waals surface area (Å²) < 4.78 is 0. The first-order valence-corrected chi connectivity index (χ1v) is 10.2. The van der Waals surface area contributed by atoms with Gasteiger partial charge in [0.25, 0.3) is 0 Å². The zero-order valence-electron chi connectivity index (χ0n) is 16.1. The van der Waals surface area contributed by atoms with Gasteiger partial charge in [-0.15, -0.1) is 0 Å². The molecule has 4 rings (SSSR count). The molecule has 1 saturated heterocycles. The van der Waals surface area contributed by atoms with Crippen LogP contribution in [0, 0.1) is 0 Å². The van der Waals surface area contributed by atoms with Gasteiger partial charge in [-0.2, -0.15) is 0 Å². The molecule has 0 aliphatic carbocycles. The Morgan fingerprint density at radius 3 is 2.48 bits per heavy atom. The molecule has 2 aromatic rings. The molecule has 2 atom stereocenters. The highest BCUT2D eigenvalue weighted by molar-refractivity contribution is 7.80. The molecular weight excluding hydrogens is 404 g/mol. The summed E-state index contributed by atoms with van der Waals surface area (Å²) >= 11 is 11.4. The van der Waals surface area contributed by atoms with Gasteiger partial charge in [-0.25, -0.2) is 10.0 Å². The van der Waals surface area contributed by atoms with Crippen molar-refractivity contribution in [2.75, 3.05) is 0 Å². The number of hydrogen-bond donors (Lipinski definition) is 2. The Hall–Kier alpha value is -2.70. The number of nitrogens with one attached hydrogen (secondary N) is 2. The monoisotopic (exact) mass is 424 g/mol. The van der Waals surface area contributed by atoms with Gasteiger partial charge in [0.15, 0.2) is 5.11 Å². The van der Waals surface area contributed by atoms with Crippen LogP contribution in [0.1, 0.15) is 43.5 Å². The quantitative estimate of drug-likeness (QED) is 0.698. The smallest absolute Gasteiger partial charge is 0.238 e. The Labute approximate surface area is 180 Å². The fraction of sp³-hybridized carbons (Fsp3) is 0.227. The van der Waals surface area contributed by atoms with E-state index in [0.717, 1.165) is 28.1 Å². The fourth-order valence-corrected chi connectivity index (χ4v) is 4.29. The van der Waals surface area contributed by atoms with E-state index in [4.69, 9.17) is 23.8 Å². The van der Waals surface area contributed by atoms with E-state index in [1.165, 1.54) is 0 Å². The molecule has 2 N–H and O–H groups in total. The zero-order valence-corrected chi connectivity index (χ0v) is 17.7. The summed E-state index contributed by atoms with van der Waals surface area (Å²) in [6.07, 6.45) is 0.654. The second-order valence-electron chi connectivity index (χ2n) is 7.15. The van der Waals surface area contributed by atoms with E-state index in [0.29, 0.717) is 16.6 Å². The summed E-state index contributed by atoms with van der Waals surface area (Å²) in [5.74, 6) is -0.0503. The van der Waals surface area contributed by atoms with Crippen LogP contribution in [0.3, 0.4) is 0 Å². The number of aliphatic imine (C=N–C) groups is 1. The van der Waals surface area contributed by atoms with E-state index >= 15 is 0 Å². The number of hydrazine groups is 1. The van der Waals surface area contributed by atoms with Crippen LogP contribution in [0.5, 0.6) is 0 Å². The molecule has 1 amide bonds. The Morgan fingerprint density at radius 2 is 1.83 bits per heavy atom. The molecule has 148 valence electrons. The number of amides is 1. The average Bonchev–Trinajstić information content (AvgIpc) is 3.14. The normalized spacial score (nSPS) is 24.0. The van der Waals surface area contributed by atoms with Crippen LogP contribution in [-0.2, 0) is 4.79 Å². The Bertz CT molecular complexity index is 1020. The number of hydrogen-bond acceptors (Lipinski definition) is 3. The van der Waals surface area contributed by atoms with E-state index in [9.17, 15) is 4.79 Å². The number of benzene rings is 2. The molecule has 2 aliphatic rings. The third kappa shape index (κ3) is 3.91. The lowest BCUT2D eigenvalue weighted by molar-refractivity contribution is -0.132. The van der Waals surface area contributed by atoms with E-state index in [-0.39, 0.29) is 18.0 Å². The van der Waals surface area contributed by atoms with Gasteiger partial charge in [0.1, 0.15) is 0 Å². The molecule has 2 aromatic carbocycles. The third-order valence-corrected chi connectivity index (χ3v) is 5.69. The van der Waals surface area contributed by atoms with Gasteiger partial charge >= 0.3 is 0 Å². The Morgan fingerprint density at radius 1 is 1.14 bits per heavy atom. The molecule has 29 heavy (non-hydrogen) atoms. The van der Waals surface area contributed by atoms with Gasteiger partial charge in [-0.05, 0) is 42.4 Å². The van der Waals surface area contributed by atoms with Gasteiger partial charge in [-0.1, -0.05) is 54.1 Å². The summed E-state index contributed by atoms with van der Waals surface area (Å²) in [4.78, 5) is 16.8. The fourth-order valence-electron chi connectivity index (χ4n) is 3.91. The van der Waals surface area contributed by atoms with Crippen LogP contribution in [-0.4, -0.2) is 21.7 Å². The first kappa shape index (κ1) is 19.6. The summed E-state index contributed by atoms with van der Waals surface area (Å²) in [5.41, 5.74) is 8.29. The number of carbonyl (C=O) groups is 1. The van der Waals surface area contributed by atoms with Gasteiger partial charge in [0, 0.05) is 35.3 Å². The van der Waals surface area contributed by atoms with Crippen molar-refractivity contribution in [2.24, 2.45) is 4.99 Å². The van der Waals surface area contributed by atoms with Crippen LogP contribution in [0.4, 0.5) is 0 Å². The molecule has 0 aromatic heterocycles. The van der Waals surface area contributed by atoms with Crippen LogP contribution in [0.2, 0.25) is 5.02 Å². The van der Waals surface area contributed by atoms with E-state index in [1.54, 1.807) is 11.9 Å².